The molecule has 1 aliphatic carbocycles. The first kappa shape index (κ1) is 14.4. The third kappa shape index (κ3) is 2.92. The molecule has 1 aliphatic heterocycles. The highest BCUT2D eigenvalue weighted by Crippen LogP contribution is 2.44. The number of anilines is 1. The number of likely N-dealkylation sites (tertiary alicyclic amines) is 1. The lowest BCUT2D eigenvalue weighted by molar-refractivity contribution is 0.0473. The van der Waals surface area contributed by atoms with E-state index in [-0.39, 0.29) is 5.91 Å². The van der Waals surface area contributed by atoms with Crippen LogP contribution in [0, 0.1) is 5.41 Å². The fourth-order valence-electron chi connectivity index (χ4n) is 4.04. The molecule has 1 aromatic carbocycles. The zero-order valence-electron chi connectivity index (χ0n) is 13.0. The lowest BCUT2D eigenvalue weighted by Crippen LogP contribution is -2.44. The summed E-state index contributed by atoms with van der Waals surface area (Å²) >= 11 is 0. The maximum Gasteiger partial charge on any atom is 0.255 e. The predicted octanol–water partition coefficient (Wildman–Crippen LogP) is 3.91. The van der Waals surface area contributed by atoms with Crippen molar-refractivity contribution in [3.8, 4) is 0 Å². The van der Waals surface area contributed by atoms with Crippen molar-refractivity contribution in [2.24, 2.45) is 5.41 Å². The van der Waals surface area contributed by atoms with Crippen LogP contribution in [0.5, 0.6) is 0 Å². The van der Waals surface area contributed by atoms with E-state index in [2.05, 4.69) is 10.2 Å². The number of nitrogens with one attached hydrogen (secondary N) is 1. The Morgan fingerprint density at radius 3 is 2.38 bits per heavy atom. The number of nitrogens with zero attached hydrogens (tertiary/aromatic N) is 1. The molecule has 2 aliphatic rings. The Hall–Kier alpha value is -1.51. The largest absolute Gasteiger partial charge is 0.387 e. The van der Waals surface area contributed by atoms with Crippen molar-refractivity contribution in [3.63, 3.8) is 0 Å². The highest BCUT2D eigenvalue weighted by molar-refractivity contribution is 5.99. The number of piperidine rings is 1. The average Bonchev–Trinajstić information content (AvgIpc) is 2.56. The van der Waals surface area contributed by atoms with Gasteiger partial charge in [-0.15, -0.1) is 0 Å². The van der Waals surface area contributed by atoms with E-state index in [1.165, 1.54) is 44.9 Å². The number of rotatable bonds is 2. The van der Waals surface area contributed by atoms with Crippen LogP contribution in [0.3, 0.4) is 0 Å². The van der Waals surface area contributed by atoms with Gasteiger partial charge in [0.15, 0.2) is 0 Å². The third-order valence-corrected chi connectivity index (χ3v) is 5.45. The summed E-state index contributed by atoms with van der Waals surface area (Å²) in [6.45, 7) is 1.85. The van der Waals surface area contributed by atoms with Crippen LogP contribution in [0.1, 0.15) is 55.3 Å². The number of hydrogen-bond acceptors (Lipinski definition) is 2. The summed E-state index contributed by atoms with van der Waals surface area (Å²) < 4.78 is 0. The van der Waals surface area contributed by atoms with Gasteiger partial charge >= 0.3 is 0 Å². The summed E-state index contributed by atoms with van der Waals surface area (Å²) in [5, 5.41) is 3.12. The normalized spacial score (nSPS) is 21.3. The molecule has 1 saturated carbocycles. The Morgan fingerprint density at radius 1 is 1.05 bits per heavy atom. The summed E-state index contributed by atoms with van der Waals surface area (Å²) in [6, 6.07) is 7.81. The van der Waals surface area contributed by atoms with Gasteiger partial charge in [-0.05, 0) is 43.2 Å². The van der Waals surface area contributed by atoms with E-state index in [1.807, 2.05) is 31.3 Å². The zero-order chi connectivity index (χ0) is 14.7. The monoisotopic (exact) mass is 286 g/mol. The van der Waals surface area contributed by atoms with Gasteiger partial charge in [0.05, 0.1) is 5.56 Å². The molecule has 0 radical (unpaired) electrons. The van der Waals surface area contributed by atoms with E-state index in [1.54, 1.807) is 0 Å². The Labute approximate surface area is 127 Å². The Kier molecular flexibility index (Phi) is 4.18. The maximum absolute atomic E-state index is 12.7. The molecule has 21 heavy (non-hydrogen) atoms. The van der Waals surface area contributed by atoms with Crippen LogP contribution in [0.4, 0.5) is 5.69 Å². The van der Waals surface area contributed by atoms with Gasteiger partial charge in [0.1, 0.15) is 0 Å². The molecule has 3 heteroatoms. The molecule has 1 spiro atoms. The molecule has 3 rings (SSSR count). The molecule has 0 atom stereocenters. The number of carbonyl (C=O) groups is 1. The Bertz CT molecular complexity index is 496. The first-order valence-electron chi connectivity index (χ1n) is 8.30. The molecule has 1 saturated heterocycles. The lowest BCUT2D eigenvalue weighted by atomic mass is 9.68. The molecule has 3 nitrogen and oxygen atoms in total. The Balaban J connectivity index is 1.67. The van der Waals surface area contributed by atoms with Crippen LogP contribution in [0.2, 0.25) is 0 Å². The van der Waals surface area contributed by atoms with Crippen LogP contribution in [-0.4, -0.2) is 30.9 Å². The highest BCUT2D eigenvalue weighted by atomic mass is 16.2. The second-order valence-electron chi connectivity index (χ2n) is 6.65. The summed E-state index contributed by atoms with van der Waals surface area (Å²) in [5.74, 6) is 0.186. The van der Waals surface area contributed by atoms with E-state index in [0.29, 0.717) is 5.41 Å². The molecular formula is C18H26N2O. The summed E-state index contributed by atoms with van der Waals surface area (Å²) in [6.07, 6.45) is 9.32. The van der Waals surface area contributed by atoms with Gasteiger partial charge in [0, 0.05) is 25.8 Å². The van der Waals surface area contributed by atoms with Gasteiger partial charge in [0.25, 0.3) is 5.91 Å². The molecule has 1 N–H and O–H groups in total. The van der Waals surface area contributed by atoms with Crippen LogP contribution in [0.25, 0.3) is 0 Å². The molecule has 0 aromatic heterocycles. The minimum atomic E-state index is 0.186. The van der Waals surface area contributed by atoms with E-state index in [0.717, 1.165) is 24.3 Å². The maximum atomic E-state index is 12.7. The summed E-state index contributed by atoms with van der Waals surface area (Å²) in [7, 11) is 1.87. The van der Waals surface area contributed by atoms with Crippen LogP contribution in [-0.2, 0) is 0 Å². The fourth-order valence-corrected chi connectivity index (χ4v) is 4.04. The van der Waals surface area contributed by atoms with Gasteiger partial charge in [0.2, 0.25) is 0 Å². The van der Waals surface area contributed by atoms with Gasteiger partial charge in [-0.2, -0.15) is 0 Å². The molecule has 2 fully saturated rings. The van der Waals surface area contributed by atoms with Gasteiger partial charge in [-0.1, -0.05) is 31.4 Å². The second-order valence-corrected chi connectivity index (χ2v) is 6.65. The second kappa shape index (κ2) is 6.08. The van der Waals surface area contributed by atoms with Crippen molar-refractivity contribution in [1.29, 1.82) is 0 Å². The minimum absolute atomic E-state index is 0.186. The molecule has 114 valence electrons. The molecule has 0 bridgehead atoms. The van der Waals surface area contributed by atoms with E-state index >= 15 is 0 Å². The van der Waals surface area contributed by atoms with Gasteiger partial charge < -0.3 is 10.2 Å². The van der Waals surface area contributed by atoms with Crippen molar-refractivity contribution in [2.45, 2.75) is 44.9 Å². The van der Waals surface area contributed by atoms with Crippen LogP contribution in [0.15, 0.2) is 24.3 Å². The van der Waals surface area contributed by atoms with Crippen molar-refractivity contribution in [2.75, 3.05) is 25.5 Å². The minimum Gasteiger partial charge on any atom is -0.387 e. The van der Waals surface area contributed by atoms with E-state index in [4.69, 9.17) is 0 Å². The predicted molar refractivity (Wildman–Crippen MR) is 86.6 cm³/mol. The average molecular weight is 286 g/mol. The van der Waals surface area contributed by atoms with E-state index in [9.17, 15) is 4.79 Å². The molecule has 0 unspecified atom stereocenters. The number of carbonyl (C=O) groups excluding carboxylic acids is 1. The van der Waals surface area contributed by atoms with Gasteiger partial charge in [-0.3, -0.25) is 4.79 Å². The van der Waals surface area contributed by atoms with Crippen molar-refractivity contribution < 1.29 is 4.79 Å². The number of hydrogen-bond donors (Lipinski definition) is 1. The topological polar surface area (TPSA) is 32.3 Å². The summed E-state index contributed by atoms with van der Waals surface area (Å²) in [4.78, 5) is 14.8. The zero-order valence-corrected chi connectivity index (χ0v) is 13.0. The van der Waals surface area contributed by atoms with Crippen LogP contribution >= 0.6 is 0 Å². The first-order chi connectivity index (χ1) is 10.2. The molecule has 1 heterocycles. The quantitative estimate of drug-likeness (QED) is 0.894. The lowest BCUT2D eigenvalue weighted by Gasteiger charge is -2.44. The molecule has 1 amide bonds. The smallest absolute Gasteiger partial charge is 0.255 e. The van der Waals surface area contributed by atoms with E-state index < -0.39 is 0 Å². The molecular weight excluding hydrogens is 260 g/mol. The van der Waals surface area contributed by atoms with Gasteiger partial charge in [-0.25, -0.2) is 0 Å². The third-order valence-electron chi connectivity index (χ3n) is 5.45. The SMILES string of the molecule is CNc1ccccc1C(=O)N1CCC2(CCCCC2)CC1. The molecule has 1 aromatic rings. The number of benzene rings is 1. The first-order valence-corrected chi connectivity index (χ1v) is 8.30. The number of amides is 1. The number of para-hydroxylation sites is 1. The highest BCUT2D eigenvalue weighted by Gasteiger charge is 2.36. The standard InChI is InChI=1S/C18H26N2O/c1-19-16-8-4-3-7-15(16)17(21)20-13-11-18(12-14-20)9-5-2-6-10-18/h3-4,7-8,19H,2,5-6,9-14H2,1H3. The fraction of sp³-hybridized carbons (Fsp3) is 0.611. The van der Waals surface area contributed by atoms with Crippen LogP contribution < -0.4 is 5.32 Å². The van der Waals surface area contributed by atoms with Crippen molar-refractivity contribution in [3.05, 3.63) is 29.8 Å². The van der Waals surface area contributed by atoms with Crippen molar-refractivity contribution in [1.82, 2.24) is 4.90 Å². The summed E-state index contributed by atoms with van der Waals surface area (Å²) in [5.41, 5.74) is 2.29. The van der Waals surface area contributed by atoms with Crippen molar-refractivity contribution >= 4 is 11.6 Å². The Morgan fingerprint density at radius 2 is 1.71 bits per heavy atom.